The Morgan fingerprint density at radius 1 is 1.06 bits per heavy atom. The number of hydrogen-bond acceptors (Lipinski definition) is 3. The van der Waals surface area contributed by atoms with Gasteiger partial charge in [0.05, 0.1) is 6.54 Å². The van der Waals surface area contributed by atoms with Crippen LogP contribution in [0.1, 0.15) is 23.0 Å². The third kappa shape index (κ3) is 3.27. The summed E-state index contributed by atoms with van der Waals surface area (Å²) < 4.78 is 28.6. The van der Waals surface area contributed by atoms with Crippen LogP contribution in [-0.4, -0.2) is 21.9 Å². The van der Waals surface area contributed by atoms with E-state index in [2.05, 4.69) is 5.32 Å². The fourth-order valence-electron chi connectivity index (χ4n) is 4.17. The van der Waals surface area contributed by atoms with Gasteiger partial charge >= 0.3 is 0 Å². The molecule has 0 spiro atoms. The Morgan fingerprint density at radius 2 is 1.72 bits per heavy atom. The highest BCUT2D eigenvalue weighted by Crippen LogP contribution is 2.37. The molecule has 1 aliphatic rings. The highest BCUT2D eigenvalue weighted by atomic mass is 32.1. The van der Waals surface area contributed by atoms with Crippen LogP contribution < -0.4 is 10.2 Å². The van der Waals surface area contributed by atoms with Crippen molar-refractivity contribution in [1.29, 1.82) is 0 Å². The Hall–Kier alpha value is -3.52. The average molecular weight is 451 g/mol. The molecular weight excluding hydrogens is 432 g/mol. The molecule has 4 aromatic rings. The van der Waals surface area contributed by atoms with Crippen LogP contribution in [0, 0.1) is 11.6 Å². The van der Waals surface area contributed by atoms with E-state index in [4.69, 9.17) is 0 Å². The molecule has 2 aromatic heterocycles. The van der Waals surface area contributed by atoms with Crippen LogP contribution in [0.5, 0.6) is 0 Å². The molecule has 1 atom stereocenters. The smallest absolute Gasteiger partial charge is 0.275 e. The second-order valence-electron chi connectivity index (χ2n) is 8.00. The molecule has 1 N–H and O–H groups in total. The third-order valence-corrected chi connectivity index (χ3v) is 6.78. The highest BCUT2D eigenvalue weighted by molar-refractivity contribution is 7.16. The zero-order valence-electron chi connectivity index (χ0n) is 17.1. The molecule has 1 unspecified atom stereocenters. The fourth-order valence-corrected chi connectivity index (χ4v) is 5.06. The predicted octanol–water partition coefficient (Wildman–Crippen LogP) is 4.72. The first-order valence-electron chi connectivity index (χ1n) is 10.1. The van der Waals surface area contributed by atoms with E-state index in [9.17, 15) is 18.4 Å². The van der Waals surface area contributed by atoms with E-state index in [0.29, 0.717) is 11.4 Å². The largest absolute Gasteiger partial charge is 0.350 e. The zero-order chi connectivity index (χ0) is 22.5. The number of halogens is 2. The summed E-state index contributed by atoms with van der Waals surface area (Å²) in [5.74, 6) is -1.47. The molecule has 2 amide bonds. The van der Waals surface area contributed by atoms with E-state index in [1.807, 2.05) is 22.1 Å². The van der Waals surface area contributed by atoms with Crippen LogP contribution in [0.4, 0.5) is 14.5 Å². The van der Waals surface area contributed by atoms with E-state index in [1.54, 1.807) is 19.1 Å². The lowest BCUT2D eigenvalue weighted by atomic mass is 9.93. The molecule has 0 fully saturated rings. The molecule has 2 aromatic carbocycles. The predicted molar refractivity (Wildman–Crippen MR) is 120 cm³/mol. The molecule has 1 aliphatic heterocycles. The van der Waals surface area contributed by atoms with Crippen LogP contribution in [0.3, 0.4) is 0 Å². The van der Waals surface area contributed by atoms with Crippen molar-refractivity contribution < 1.29 is 18.4 Å². The standard InChI is InChI=1S/C24H19F2N3O2S/c1-24(23(31)27-13-15-2-4-17(25)5-3-15)14-28-20(12-16-10-11-32-22(16)28)21(30)29(24)19-8-6-18(26)7-9-19/h2-12H,13-14H2,1H3,(H,27,31). The molecule has 0 saturated carbocycles. The maximum Gasteiger partial charge on any atom is 0.275 e. The van der Waals surface area contributed by atoms with Gasteiger partial charge in [0, 0.05) is 17.6 Å². The van der Waals surface area contributed by atoms with Gasteiger partial charge in [-0.15, -0.1) is 11.3 Å². The van der Waals surface area contributed by atoms with Gasteiger partial charge < -0.3 is 9.88 Å². The minimum atomic E-state index is -1.27. The molecular formula is C24H19F2N3O2S. The lowest BCUT2D eigenvalue weighted by molar-refractivity contribution is -0.126. The molecule has 32 heavy (non-hydrogen) atoms. The number of amides is 2. The minimum Gasteiger partial charge on any atom is -0.350 e. The summed E-state index contributed by atoms with van der Waals surface area (Å²) in [5.41, 5.74) is 0.394. The number of hydrogen-bond donors (Lipinski definition) is 1. The number of aromatic nitrogens is 1. The van der Waals surface area contributed by atoms with Gasteiger partial charge in [-0.3, -0.25) is 14.5 Å². The summed E-state index contributed by atoms with van der Waals surface area (Å²) >= 11 is 1.51. The lowest BCUT2D eigenvalue weighted by Crippen LogP contribution is -2.64. The fraction of sp³-hybridized carbons (Fsp3) is 0.167. The summed E-state index contributed by atoms with van der Waals surface area (Å²) in [5, 5.41) is 5.77. The van der Waals surface area contributed by atoms with Crippen LogP contribution in [0.25, 0.3) is 10.2 Å². The van der Waals surface area contributed by atoms with Crippen molar-refractivity contribution in [2.24, 2.45) is 0 Å². The van der Waals surface area contributed by atoms with Crippen molar-refractivity contribution >= 4 is 39.1 Å². The quantitative estimate of drug-likeness (QED) is 0.488. The normalized spacial score (nSPS) is 18.1. The van der Waals surface area contributed by atoms with Gasteiger partial charge in [-0.2, -0.15) is 0 Å². The van der Waals surface area contributed by atoms with Crippen LogP contribution >= 0.6 is 11.3 Å². The second-order valence-corrected chi connectivity index (χ2v) is 8.89. The minimum absolute atomic E-state index is 0.188. The molecule has 5 rings (SSSR count). The Balaban J connectivity index is 1.55. The molecule has 0 saturated heterocycles. The van der Waals surface area contributed by atoms with Crippen LogP contribution in [0.2, 0.25) is 0 Å². The number of nitrogens with one attached hydrogen (secondary N) is 1. The average Bonchev–Trinajstić information content (AvgIpc) is 3.37. The number of thiophene rings is 1. The van der Waals surface area contributed by atoms with Crippen LogP contribution in [-0.2, 0) is 17.9 Å². The summed E-state index contributed by atoms with van der Waals surface area (Å²) in [6, 6.07) is 15.2. The van der Waals surface area contributed by atoms with E-state index in [-0.39, 0.29) is 30.7 Å². The van der Waals surface area contributed by atoms with Crippen molar-refractivity contribution in [1.82, 2.24) is 9.88 Å². The molecule has 162 valence electrons. The first-order chi connectivity index (χ1) is 15.4. The molecule has 0 radical (unpaired) electrons. The molecule has 5 nitrogen and oxygen atoms in total. The Bertz CT molecular complexity index is 1330. The van der Waals surface area contributed by atoms with Gasteiger partial charge in [0.1, 0.15) is 27.7 Å². The lowest BCUT2D eigenvalue weighted by Gasteiger charge is -2.44. The van der Waals surface area contributed by atoms with Gasteiger partial charge in [-0.05, 0) is 66.4 Å². The topological polar surface area (TPSA) is 54.3 Å². The monoisotopic (exact) mass is 451 g/mol. The van der Waals surface area contributed by atoms with Crippen molar-refractivity contribution in [3.05, 3.63) is 88.9 Å². The number of carbonyl (C=O) groups is 2. The van der Waals surface area contributed by atoms with Crippen molar-refractivity contribution in [2.75, 3.05) is 4.90 Å². The highest BCUT2D eigenvalue weighted by Gasteiger charge is 2.48. The van der Waals surface area contributed by atoms with Crippen molar-refractivity contribution in [3.63, 3.8) is 0 Å². The second kappa shape index (κ2) is 7.56. The summed E-state index contributed by atoms with van der Waals surface area (Å²) in [6.45, 7) is 2.13. The van der Waals surface area contributed by atoms with E-state index in [1.165, 1.54) is 52.6 Å². The molecule has 8 heteroatoms. The van der Waals surface area contributed by atoms with Crippen molar-refractivity contribution in [3.8, 4) is 0 Å². The number of benzene rings is 2. The first-order valence-corrected chi connectivity index (χ1v) is 10.9. The van der Waals surface area contributed by atoms with E-state index in [0.717, 1.165) is 15.8 Å². The maximum atomic E-state index is 13.6. The number of fused-ring (bicyclic) bond motifs is 3. The molecule has 0 aliphatic carbocycles. The molecule has 0 bridgehead atoms. The third-order valence-electron chi connectivity index (χ3n) is 5.82. The van der Waals surface area contributed by atoms with E-state index < -0.39 is 11.4 Å². The Morgan fingerprint density at radius 3 is 2.41 bits per heavy atom. The van der Waals surface area contributed by atoms with Crippen molar-refractivity contribution in [2.45, 2.75) is 25.6 Å². The summed E-state index contributed by atoms with van der Waals surface area (Å²) in [4.78, 5) is 29.5. The number of nitrogens with zero attached hydrogens (tertiary/aromatic N) is 2. The van der Waals surface area contributed by atoms with E-state index >= 15 is 0 Å². The SMILES string of the molecule is CC1(C(=O)NCc2ccc(F)cc2)Cn2c(cc3ccsc32)C(=O)N1c1ccc(F)cc1. The number of carbonyl (C=O) groups excluding carboxylic acids is 2. The molecule has 3 heterocycles. The first kappa shape index (κ1) is 20.4. The van der Waals surface area contributed by atoms with Gasteiger partial charge in [0.2, 0.25) is 5.91 Å². The summed E-state index contributed by atoms with van der Waals surface area (Å²) in [6.07, 6.45) is 0. The van der Waals surface area contributed by atoms with Gasteiger partial charge in [0.25, 0.3) is 5.91 Å². The number of rotatable bonds is 4. The van der Waals surface area contributed by atoms with Crippen LogP contribution in [0.15, 0.2) is 66.0 Å². The van der Waals surface area contributed by atoms with Gasteiger partial charge in [-0.25, -0.2) is 8.78 Å². The number of anilines is 1. The zero-order valence-corrected chi connectivity index (χ0v) is 18.0. The Labute approximate surface area is 186 Å². The Kier molecular flexibility index (Phi) is 4.82. The maximum absolute atomic E-state index is 13.6. The summed E-state index contributed by atoms with van der Waals surface area (Å²) in [7, 11) is 0. The van der Waals surface area contributed by atoms with Gasteiger partial charge in [0.15, 0.2) is 0 Å². The van der Waals surface area contributed by atoms with Gasteiger partial charge in [-0.1, -0.05) is 12.1 Å².